The first-order valence-electron chi connectivity index (χ1n) is 4.11. The molecule has 1 amide bonds. The molecule has 1 atom stereocenters. The van der Waals surface area contributed by atoms with Gasteiger partial charge in [0, 0.05) is 27.2 Å². The molecule has 0 fully saturated rings. The lowest BCUT2D eigenvalue weighted by Crippen LogP contribution is -2.42. The van der Waals surface area contributed by atoms with Crippen molar-refractivity contribution in [1.82, 2.24) is 5.32 Å². The molecular formula is C8H15NO5. The van der Waals surface area contributed by atoms with E-state index in [1.165, 1.54) is 14.2 Å². The van der Waals surface area contributed by atoms with Gasteiger partial charge >= 0.3 is 5.97 Å². The Morgan fingerprint density at radius 2 is 2.00 bits per heavy atom. The number of aliphatic carboxylic acids is 1. The summed E-state index contributed by atoms with van der Waals surface area (Å²) in [4.78, 5) is 21.6. The molecule has 82 valence electrons. The molecule has 0 rings (SSSR count). The van der Waals surface area contributed by atoms with E-state index in [9.17, 15) is 9.59 Å². The summed E-state index contributed by atoms with van der Waals surface area (Å²) in [7, 11) is 2.83. The standard InChI is InChI=1S/C8H15NO5/c1-13-4-3-6(8(11)12)9-7(10)5-14-2/h6H,3-5H2,1-2H3,(H,9,10)(H,11,12). The van der Waals surface area contributed by atoms with Crippen LogP contribution in [0.4, 0.5) is 0 Å². The topological polar surface area (TPSA) is 84.9 Å². The zero-order chi connectivity index (χ0) is 11.0. The van der Waals surface area contributed by atoms with E-state index in [4.69, 9.17) is 9.84 Å². The van der Waals surface area contributed by atoms with Crippen molar-refractivity contribution in [2.45, 2.75) is 12.5 Å². The number of nitrogens with one attached hydrogen (secondary N) is 1. The lowest BCUT2D eigenvalue weighted by atomic mass is 10.2. The lowest BCUT2D eigenvalue weighted by Gasteiger charge is -2.13. The maximum atomic E-state index is 11.0. The van der Waals surface area contributed by atoms with Crippen LogP contribution in [0.3, 0.4) is 0 Å². The number of hydrogen-bond donors (Lipinski definition) is 2. The van der Waals surface area contributed by atoms with E-state index in [2.05, 4.69) is 10.1 Å². The highest BCUT2D eigenvalue weighted by Gasteiger charge is 2.18. The minimum Gasteiger partial charge on any atom is -0.480 e. The quantitative estimate of drug-likeness (QED) is 0.570. The van der Waals surface area contributed by atoms with Crippen LogP contribution in [0, 0.1) is 0 Å². The van der Waals surface area contributed by atoms with Gasteiger partial charge in [0.15, 0.2) is 0 Å². The van der Waals surface area contributed by atoms with Gasteiger partial charge in [0.1, 0.15) is 12.6 Å². The first-order valence-corrected chi connectivity index (χ1v) is 4.11. The molecule has 0 bridgehead atoms. The molecule has 0 aliphatic heterocycles. The molecule has 0 aliphatic carbocycles. The Morgan fingerprint density at radius 1 is 1.36 bits per heavy atom. The van der Waals surface area contributed by atoms with Crippen molar-refractivity contribution in [3.8, 4) is 0 Å². The maximum Gasteiger partial charge on any atom is 0.326 e. The van der Waals surface area contributed by atoms with Gasteiger partial charge in [-0.2, -0.15) is 0 Å². The summed E-state index contributed by atoms with van der Waals surface area (Å²) in [6.07, 6.45) is 0.237. The highest BCUT2D eigenvalue weighted by atomic mass is 16.5. The van der Waals surface area contributed by atoms with Crippen LogP contribution in [0.2, 0.25) is 0 Å². The van der Waals surface area contributed by atoms with Crippen LogP contribution in [-0.4, -0.2) is 50.5 Å². The van der Waals surface area contributed by atoms with Crippen LogP contribution in [0.5, 0.6) is 0 Å². The molecule has 6 nitrogen and oxygen atoms in total. The Balaban J connectivity index is 3.95. The van der Waals surface area contributed by atoms with Crippen molar-refractivity contribution in [1.29, 1.82) is 0 Å². The first-order chi connectivity index (χ1) is 6.61. The van der Waals surface area contributed by atoms with Gasteiger partial charge in [-0.1, -0.05) is 0 Å². The highest BCUT2D eigenvalue weighted by molar-refractivity contribution is 5.84. The Kier molecular flexibility index (Phi) is 6.69. The van der Waals surface area contributed by atoms with E-state index in [1.54, 1.807) is 0 Å². The van der Waals surface area contributed by atoms with Crippen LogP contribution in [0.25, 0.3) is 0 Å². The maximum absolute atomic E-state index is 11.0. The molecule has 14 heavy (non-hydrogen) atoms. The third-order valence-corrected chi connectivity index (χ3v) is 1.52. The molecule has 0 aromatic rings. The number of ether oxygens (including phenoxy) is 2. The fraction of sp³-hybridized carbons (Fsp3) is 0.750. The van der Waals surface area contributed by atoms with Gasteiger partial charge in [0.05, 0.1) is 0 Å². The monoisotopic (exact) mass is 205 g/mol. The summed E-state index contributed by atoms with van der Waals surface area (Å²) in [5, 5.41) is 11.0. The van der Waals surface area contributed by atoms with Crippen molar-refractivity contribution in [3.05, 3.63) is 0 Å². The summed E-state index contributed by atoms with van der Waals surface area (Å²) in [6, 6.07) is -0.919. The van der Waals surface area contributed by atoms with Gasteiger partial charge in [0.2, 0.25) is 5.91 Å². The number of carboxylic acid groups (broad SMARTS) is 1. The van der Waals surface area contributed by atoms with Gasteiger partial charge in [-0.3, -0.25) is 4.79 Å². The molecule has 1 unspecified atom stereocenters. The third-order valence-electron chi connectivity index (χ3n) is 1.52. The number of carboxylic acids is 1. The summed E-state index contributed by atoms with van der Waals surface area (Å²) < 4.78 is 9.27. The molecule has 0 saturated carbocycles. The summed E-state index contributed by atoms with van der Waals surface area (Å²) in [5.41, 5.74) is 0. The summed E-state index contributed by atoms with van der Waals surface area (Å²) in [5.74, 6) is -1.53. The largest absolute Gasteiger partial charge is 0.480 e. The van der Waals surface area contributed by atoms with Crippen molar-refractivity contribution in [2.75, 3.05) is 27.4 Å². The Morgan fingerprint density at radius 3 is 2.43 bits per heavy atom. The molecule has 6 heteroatoms. The van der Waals surface area contributed by atoms with E-state index in [0.29, 0.717) is 0 Å². The van der Waals surface area contributed by atoms with Crippen LogP contribution in [0.1, 0.15) is 6.42 Å². The van der Waals surface area contributed by atoms with Crippen molar-refractivity contribution in [2.24, 2.45) is 0 Å². The second-order valence-corrected chi connectivity index (χ2v) is 2.67. The summed E-state index contributed by atoms with van der Waals surface area (Å²) >= 11 is 0. The van der Waals surface area contributed by atoms with Crippen LogP contribution >= 0.6 is 0 Å². The fourth-order valence-electron chi connectivity index (χ4n) is 0.860. The molecule has 0 aromatic heterocycles. The van der Waals surface area contributed by atoms with E-state index >= 15 is 0 Å². The molecule has 0 spiro atoms. The van der Waals surface area contributed by atoms with Crippen molar-refractivity contribution < 1.29 is 24.2 Å². The molecule has 0 aliphatic rings. The average Bonchev–Trinajstić information content (AvgIpc) is 2.12. The smallest absolute Gasteiger partial charge is 0.326 e. The summed E-state index contributed by atoms with van der Waals surface area (Å²) in [6.45, 7) is 0.140. The van der Waals surface area contributed by atoms with Gasteiger partial charge in [0.25, 0.3) is 0 Å². The Labute approximate surface area is 82.2 Å². The Hall–Kier alpha value is -1.14. The van der Waals surface area contributed by atoms with Crippen molar-refractivity contribution >= 4 is 11.9 Å². The van der Waals surface area contributed by atoms with Crippen molar-refractivity contribution in [3.63, 3.8) is 0 Å². The molecule has 2 N–H and O–H groups in total. The van der Waals surface area contributed by atoms with Crippen LogP contribution < -0.4 is 5.32 Å². The zero-order valence-corrected chi connectivity index (χ0v) is 8.28. The molecule has 0 heterocycles. The normalized spacial score (nSPS) is 12.1. The number of amides is 1. The van der Waals surface area contributed by atoms with Gasteiger partial charge < -0.3 is 19.9 Å². The predicted molar refractivity (Wildman–Crippen MR) is 47.9 cm³/mol. The molecular weight excluding hydrogens is 190 g/mol. The van der Waals surface area contributed by atoms with E-state index in [0.717, 1.165) is 0 Å². The van der Waals surface area contributed by atoms with Crippen LogP contribution in [0.15, 0.2) is 0 Å². The number of carbonyl (C=O) groups excluding carboxylic acids is 1. The van der Waals surface area contributed by atoms with Gasteiger partial charge in [-0.25, -0.2) is 4.79 Å². The number of hydrogen-bond acceptors (Lipinski definition) is 4. The van der Waals surface area contributed by atoms with E-state index < -0.39 is 17.9 Å². The van der Waals surface area contributed by atoms with Crippen LogP contribution in [-0.2, 0) is 19.1 Å². The Bertz CT molecular complexity index is 194. The van der Waals surface area contributed by atoms with Gasteiger partial charge in [-0.05, 0) is 0 Å². The predicted octanol–water partition coefficient (Wildman–Crippen LogP) is -0.761. The minimum atomic E-state index is -1.08. The minimum absolute atomic E-state index is 0.142. The third kappa shape index (κ3) is 5.50. The second kappa shape index (κ2) is 7.28. The SMILES string of the molecule is COCCC(NC(=O)COC)C(=O)O. The lowest BCUT2D eigenvalue weighted by molar-refractivity contribution is -0.142. The van der Waals surface area contributed by atoms with E-state index in [-0.39, 0.29) is 19.6 Å². The highest BCUT2D eigenvalue weighted by Crippen LogP contribution is 1.93. The first kappa shape index (κ1) is 12.9. The van der Waals surface area contributed by atoms with Gasteiger partial charge in [-0.15, -0.1) is 0 Å². The molecule has 0 radical (unpaired) electrons. The molecule has 0 saturated heterocycles. The number of carbonyl (C=O) groups is 2. The fourth-order valence-corrected chi connectivity index (χ4v) is 0.860. The number of methoxy groups -OCH3 is 2. The molecule has 0 aromatic carbocycles. The average molecular weight is 205 g/mol. The number of rotatable bonds is 7. The zero-order valence-electron chi connectivity index (χ0n) is 8.28. The second-order valence-electron chi connectivity index (χ2n) is 2.67. The van der Waals surface area contributed by atoms with E-state index in [1.807, 2.05) is 0 Å².